The van der Waals surface area contributed by atoms with E-state index < -0.39 is 83.2 Å². The van der Waals surface area contributed by atoms with Crippen molar-refractivity contribution in [3.8, 4) is 0 Å². The molecule has 0 bridgehead atoms. The molecular formula is C73H138O14S. The maximum atomic E-state index is 13.8. The summed E-state index contributed by atoms with van der Waals surface area (Å²) < 4.78 is 70.7. The van der Waals surface area contributed by atoms with Gasteiger partial charge < -0.3 is 33.5 Å². The molecule has 0 amide bonds. The molecule has 0 aromatic carbocycles. The molecule has 1 saturated heterocycles. The minimum absolute atomic E-state index is 0.0118. The van der Waals surface area contributed by atoms with Crippen molar-refractivity contribution in [1.82, 2.24) is 0 Å². The lowest BCUT2D eigenvalue weighted by Gasteiger charge is -2.43. The monoisotopic (exact) mass is 1270 g/mol. The van der Waals surface area contributed by atoms with E-state index in [0.29, 0.717) is 25.7 Å². The summed E-state index contributed by atoms with van der Waals surface area (Å²) in [7, 11) is -4.77. The summed E-state index contributed by atoms with van der Waals surface area (Å²) in [6.07, 6.45) is 50.5. The molecule has 1 aliphatic heterocycles. The Kier molecular flexibility index (Phi) is 57.9. The van der Waals surface area contributed by atoms with Gasteiger partial charge in [-0.3, -0.25) is 23.7 Å². The Morgan fingerprint density at radius 1 is 0.364 bits per heavy atom. The maximum Gasteiger partial charge on any atom is 0.306 e. The van der Waals surface area contributed by atoms with Gasteiger partial charge in [0.25, 0.3) is 10.1 Å². The quantitative estimate of drug-likeness (QED) is 0.0252. The molecule has 0 aromatic rings. The van der Waals surface area contributed by atoms with E-state index in [-0.39, 0.29) is 32.3 Å². The van der Waals surface area contributed by atoms with Crippen molar-refractivity contribution in [2.75, 3.05) is 19.0 Å². The van der Waals surface area contributed by atoms with Crippen LogP contribution in [-0.2, 0) is 57.7 Å². The van der Waals surface area contributed by atoms with E-state index >= 15 is 0 Å². The molecule has 5 unspecified atom stereocenters. The van der Waals surface area contributed by atoms with Crippen LogP contribution in [0.15, 0.2) is 0 Å². The van der Waals surface area contributed by atoms with Crippen LogP contribution in [0.2, 0.25) is 0 Å². The lowest BCUT2D eigenvalue weighted by molar-refractivity contribution is -0.302. The molecule has 520 valence electrons. The van der Waals surface area contributed by atoms with Crippen LogP contribution in [0, 0.1) is 0 Å². The van der Waals surface area contributed by atoms with Crippen molar-refractivity contribution in [3.05, 3.63) is 0 Å². The van der Waals surface area contributed by atoms with Crippen LogP contribution < -0.4 is 0 Å². The molecule has 0 spiro atoms. The first-order valence-electron chi connectivity index (χ1n) is 37.5. The van der Waals surface area contributed by atoms with Gasteiger partial charge in [-0.05, 0) is 25.7 Å². The van der Waals surface area contributed by atoms with E-state index in [1.165, 1.54) is 218 Å². The van der Waals surface area contributed by atoms with E-state index in [0.717, 1.165) is 89.9 Å². The molecule has 1 rings (SSSR count). The van der Waals surface area contributed by atoms with Crippen molar-refractivity contribution in [1.29, 1.82) is 0 Å². The highest BCUT2D eigenvalue weighted by Crippen LogP contribution is 2.30. The Morgan fingerprint density at radius 3 is 0.920 bits per heavy atom. The smallest absolute Gasteiger partial charge is 0.306 e. The molecule has 0 aromatic heterocycles. The van der Waals surface area contributed by atoms with Gasteiger partial charge in [0.2, 0.25) is 0 Å². The number of carbonyl (C=O) groups is 4. The predicted molar refractivity (Wildman–Crippen MR) is 359 cm³/mol. The fourth-order valence-corrected chi connectivity index (χ4v) is 12.7. The number of unbranched alkanes of at least 4 members (excludes halogenated alkanes) is 48. The normalized spacial score (nSPS) is 17.3. The van der Waals surface area contributed by atoms with Gasteiger partial charge in [0.1, 0.15) is 24.6 Å². The van der Waals surface area contributed by atoms with E-state index in [2.05, 4.69) is 27.7 Å². The Hall–Kier alpha value is -2.33. The summed E-state index contributed by atoms with van der Waals surface area (Å²) in [6.45, 7) is 8.16. The third-order valence-corrected chi connectivity index (χ3v) is 18.4. The second-order valence-electron chi connectivity index (χ2n) is 26.3. The molecule has 6 atom stereocenters. The standard InChI is InChI=1S/C73H138O14S/c1-5-9-13-17-21-25-29-33-37-41-45-49-53-57-66(74)82-61-64(84-67(75)58-54-50-46-42-38-34-30-26-22-18-14-10-6-2)62-83-73-72(87-69(77)60-56-52-48-44-40-36-32-28-24-20-16-12-8-4)71(70(78)65(85-73)63-88(79,80)81)86-68(76)59-55-51-47-43-39-35-31-27-23-19-15-11-7-3/h64-65,70-73,78H,5-63H2,1-4H3,(H,79,80,81)/t64-,65?,70?,71?,72?,73?/m0/s1. The van der Waals surface area contributed by atoms with Crippen LogP contribution in [0.1, 0.15) is 387 Å². The second-order valence-corrected chi connectivity index (χ2v) is 27.8. The third kappa shape index (κ3) is 52.2. The fourth-order valence-electron chi connectivity index (χ4n) is 12.0. The Balaban J connectivity index is 3.14. The van der Waals surface area contributed by atoms with Crippen LogP contribution in [0.5, 0.6) is 0 Å². The van der Waals surface area contributed by atoms with E-state index in [1.807, 2.05) is 0 Å². The number of rotatable bonds is 66. The number of carbonyl (C=O) groups excluding carboxylic acids is 4. The van der Waals surface area contributed by atoms with Gasteiger partial charge in [-0.15, -0.1) is 0 Å². The zero-order chi connectivity index (χ0) is 64.2. The van der Waals surface area contributed by atoms with Gasteiger partial charge in [-0.1, -0.05) is 336 Å². The molecule has 1 heterocycles. The minimum atomic E-state index is -4.77. The first kappa shape index (κ1) is 83.7. The van der Waals surface area contributed by atoms with Gasteiger partial charge in [0.15, 0.2) is 24.6 Å². The summed E-state index contributed by atoms with van der Waals surface area (Å²) in [5.74, 6) is -3.34. The van der Waals surface area contributed by atoms with Crippen LogP contribution in [0.4, 0.5) is 0 Å². The summed E-state index contributed by atoms with van der Waals surface area (Å²) in [4.78, 5) is 54.1. The van der Waals surface area contributed by atoms with Gasteiger partial charge in [-0.25, -0.2) is 0 Å². The first-order chi connectivity index (χ1) is 42.8. The highest BCUT2D eigenvalue weighted by Gasteiger charge is 2.51. The zero-order valence-corrected chi connectivity index (χ0v) is 58.2. The van der Waals surface area contributed by atoms with Crippen LogP contribution in [0.3, 0.4) is 0 Å². The maximum absolute atomic E-state index is 13.8. The summed E-state index contributed by atoms with van der Waals surface area (Å²) >= 11 is 0. The molecule has 88 heavy (non-hydrogen) atoms. The van der Waals surface area contributed by atoms with Gasteiger partial charge in [-0.2, -0.15) is 8.42 Å². The molecule has 2 N–H and O–H groups in total. The number of ether oxygens (including phenoxy) is 6. The highest BCUT2D eigenvalue weighted by atomic mass is 32.2. The Labute approximate surface area is 540 Å². The fraction of sp³-hybridized carbons (Fsp3) is 0.945. The van der Waals surface area contributed by atoms with Crippen molar-refractivity contribution >= 4 is 34.0 Å². The lowest BCUT2D eigenvalue weighted by atomic mass is 9.99. The average Bonchev–Trinajstić information content (AvgIpc) is 2.68. The number of hydrogen-bond donors (Lipinski definition) is 2. The average molecular weight is 1270 g/mol. The summed E-state index contributed by atoms with van der Waals surface area (Å²) in [5.41, 5.74) is 0. The number of hydrogen-bond acceptors (Lipinski definition) is 13. The summed E-state index contributed by atoms with van der Waals surface area (Å²) in [6, 6.07) is 0. The van der Waals surface area contributed by atoms with Crippen LogP contribution in [-0.4, -0.2) is 97.7 Å². The second kappa shape index (κ2) is 60.9. The Morgan fingerprint density at radius 2 is 0.625 bits per heavy atom. The van der Waals surface area contributed by atoms with Crippen molar-refractivity contribution in [2.45, 2.75) is 424 Å². The molecule has 0 radical (unpaired) electrons. The van der Waals surface area contributed by atoms with Crippen molar-refractivity contribution < 1.29 is 65.7 Å². The molecule has 0 aliphatic carbocycles. The summed E-state index contributed by atoms with van der Waals surface area (Å²) in [5, 5.41) is 11.7. The van der Waals surface area contributed by atoms with Gasteiger partial charge >= 0.3 is 23.9 Å². The molecule has 15 heteroatoms. The third-order valence-electron chi connectivity index (χ3n) is 17.6. The van der Waals surface area contributed by atoms with Crippen LogP contribution >= 0.6 is 0 Å². The van der Waals surface area contributed by atoms with E-state index in [9.17, 15) is 37.3 Å². The van der Waals surface area contributed by atoms with Crippen LogP contribution in [0.25, 0.3) is 0 Å². The lowest BCUT2D eigenvalue weighted by Crippen LogP contribution is -2.62. The Bertz CT molecular complexity index is 1710. The number of esters is 4. The molecule has 14 nitrogen and oxygen atoms in total. The first-order valence-corrected chi connectivity index (χ1v) is 39.1. The van der Waals surface area contributed by atoms with E-state index in [1.54, 1.807) is 0 Å². The zero-order valence-electron chi connectivity index (χ0n) is 57.4. The molecular weight excluding hydrogens is 1130 g/mol. The topological polar surface area (TPSA) is 198 Å². The minimum Gasteiger partial charge on any atom is -0.462 e. The van der Waals surface area contributed by atoms with Gasteiger partial charge in [0, 0.05) is 25.7 Å². The van der Waals surface area contributed by atoms with Crippen molar-refractivity contribution in [2.24, 2.45) is 0 Å². The predicted octanol–water partition coefficient (Wildman–Crippen LogP) is 20.2. The SMILES string of the molecule is CCCCCCCCCCCCCCCC(=O)OC[C@@H](COC1OC(CS(=O)(=O)O)C(O)C(OC(=O)CCCCCCCCCCCCCCC)C1OC(=O)CCCCCCCCCCCCCCC)OC(=O)CCCCCCCCCCCCCCC. The van der Waals surface area contributed by atoms with Gasteiger partial charge in [0.05, 0.1) is 6.61 Å². The van der Waals surface area contributed by atoms with E-state index in [4.69, 9.17) is 28.4 Å². The largest absolute Gasteiger partial charge is 0.462 e. The number of aliphatic hydroxyl groups is 1. The molecule has 0 saturated carbocycles. The molecule has 1 aliphatic rings. The number of aliphatic hydroxyl groups excluding tert-OH is 1. The highest BCUT2D eigenvalue weighted by molar-refractivity contribution is 7.85. The molecule has 1 fully saturated rings. The van der Waals surface area contributed by atoms with Crippen molar-refractivity contribution in [3.63, 3.8) is 0 Å².